The number of hydrogen-bond acceptors (Lipinski definition) is 6. The molecule has 7 nitrogen and oxygen atoms in total. The lowest BCUT2D eigenvalue weighted by Crippen LogP contribution is -2.35. The molecule has 0 bridgehead atoms. The average Bonchev–Trinajstić information content (AvgIpc) is 3.14. The van der Waals surface area contributed by atoms with E-state index in [0.717, 1.165) is 11.1 Å². The van der Waals surface area contributed by atoms with Crippen LogP contribution < -0.4 is 19.5 Å². The third-order valence-corrected chi connectivity index (χ3v) is 4.20. The number of benzene rings is 2. The van der Waals surface area contributed by atoms with Crippen LogP contribution in [0.2, 0.25) is 0 Å². The van der Waals surface area contributed by atoms with Gasteiger partial charge in [-0.05, 0) is 49.2 Å². The van der Waals surface area contributed by atoms with Gasteiger partial charge in [0.25, 0.3) is 5.91 Å². The number of hydrogen-bond donors (Lipinski definition) is 1. The van der Waals surface area contributed by atoms with E-state index in [2.05, 4.69) is 5.32 Å². The molecule has 0 saturated heterocycles. The number of methoxy groups -OCH3 is 1. The van der Waals surface area contributed by atoms with Crippen LogP contribution in [-0.2, 0) is 16.1 Å². The molecule has 0 fully saturated rings. The molecular formula is C20H21NO6. The van der Waals surface area contributed by atoms with E-state index in [4.69, 9.17) is 18.9 Å². The average molecular weight is 371 g/mol. The van der Waals surface area contributed by atoms with Crippen LogP contribution in [0.15, 0.2) is 36.4 Å². The second-order valence-electron chi connectivity index (χ2n) is 6.14. The molecule has 0 aromatic heterocycles. The molecule has 1 atom stereocenters. The van der Waals surface area contributed by atoms with Crippen LogP contribution in [0.1, 0.15) is 28.4 Å². The van der Waals surface area contributed by atoms with Gasteiger partial charge in [-0.3, -0.25) is 4.79 Å². The Morgan fingerprint density at radius 3 is 2.70 bits per heavy atom. The first-order valence-corrected chi connectivity index (χ1v) is 8.50. The van der Waals surface area contributed by atoms with Crippen LogP contribution in [-0.4, -0.2) is 31.9 Å². The minimum Gasteiger partial charge on any atom is -0.496 e. The normalized spacial score (nSPS) is 13.0. The minimum atomic E-state index is -0.932. The van der Waals surface area contributed by atoms with Crippen molar-refractivity contribution in [3.8, 4) is 17.2 Å². The van der Waals surface area contributed by atoms with E-state index in [1.165, 1.54) is 14.0 Å². The fraction of sp³-hybridized carbons (Fsp3) is 0.300. The van der Waals surface area contributed by atoms with Gasteiger partial charge in [-0.1, -0.05) is 12.1 Å². The molecule has 1 amide bonds. The highest BCUT2D eigenvalue weighted by molar-refractivity contribution is 5.92. The van der Waals surface area contributed by atoms with Gasteiger partial charge in [-0.2, -0.15) is 0 Å². The lowest BCUT2D eigenvalue weighted by atomic mass is 10.1. The summed E-state index contributed by atoms with van der Waals surface area (Å²) in [5.74, 6) is 0.943. The number of esters is 1. The summed E-state index contributed by atoms with van der Waals surface area (Å²) in [7, 11) is 1.53. The van der Waals surface area contributed by atoms with Crippen molar-refractivity contribution < 1.29 is 28.5 Å². The van der Waals surface area contributed by atoms with E-state index in [-0.39, 0.29) is 19.2 Å². The number of ether oxygens (including phenoxy) is 4. The maximum absolute atomic E-state index is 12.3. The fourth-order valence-corrected chi connectivity index (χ4v) is 2.61. The predicted molar refractivity (Wildman–Crippen MR) is 97.0 cm³/mol. The first-order chi connectivity index (χ1) is 13.0. The molecule has 0 aliphatic carbocycles. The Balaban J connectivity index is 1.55. The molecule has 0 unspecified atom stereocenters. The molecule has 1 heterocycles. The van der Waals surface area contributed by atoms with Gasteiger partial charge >= 0.3 is 5.97 Å². The molecule has 1 N–H and O–H groups in total. The second kappa shape index (κ2) is 7.99. The molecule has 2 aromatic carbocycles. The lowest BCUT2D eigenvalue weighted by Gasteiger charge is -2.14. The molecular weight excluding hydrogens is 350 g/mol. The van der Waals surface area contributed by atoms with Gasteiger partial charge in [0.2, 0.25) is 6.79 Å². The number of carbonyl (C=O) groups is 2. The Labute approximate surface area is 157 Å². The van der Waals surface area contributed by atoms with Crippen LogP contribution >= 0.6 is 0 Å². The molecule has 1 aliphatic rings. The molecule has 7 heteroatoms. The van der Waals surface area contributed by atoms with Crippen molar-refractivity contribution in [3.05, 3.63) is 53.1 Å². The van der Waals surface area contributed by atoms with Crippen molar-refractivity contribution in [1.29, 1.82) is 0 Å². The predicted octanol–water partition coefficient (Wildman–Crippen LogP) is 2.59. The molecule has 27 heavy (non-hydrogen) atoms. The van der Waals surface area contributed by atoms with Crippen molar-refractivity contribution in [3.63, 3.8) is 0 Å². The topological polar surface area (TPSA) is 83.1 Å². The summed E-state index contributed by atoms with van der Waals surface area (Å²) in [6.45, 7) is 3.89. The quantitative estimate of drug-likeness (QED) is 0.786. The second-order valence-corrected chi connectivity index (χ2v) is 6.14. The van der Waals surface area contributed by atoms with Crippen LogP contribution in [0.4, 0.5) is 0 Å². The van der Waals surface area contributed by atoms with Crippen molar-refractivity contribution in [2.24, 2.45) is 0 Å². The van der Waals surface area contributed by atoms with Gasteiger partial charge in [0.1, 0.15) is 5.75 Å². The molecule has 2 aromatic rings. The summed E-state index contributed by atoms with van der Waals surface area (Å²) >= 11 is 0. The molecule has 0 radical (unpaired) electrons. The number of nitrogens with one attached hydrogen (secondary N) is 1. The van der Waals surface area contributed by atoms with Crippen molar-refractivity contribution in [1.82, 2.24) is 5.32 Å². The summed E-state index contributed by atoms with van der Waals surface area (Å²) in [6, 6.07) is 10.4. The van der Waals surface area contributed by atoms with E-state index in [1.54, 1.807) is 30.3 Å². The lowest BCUT2D eigenvalue weighted by molar-refractivity contribution is -0.129. The Hall–Kier alpha value is -3.22. The molecule has 3 rings (SSSR count). The van der Waals surface area contributed by atoms with Crippen LogP contribution in [0.3, 0.4) is 0 Å². The third kappa shape index (κ3) is 4.31. The van der Waals surface area contributed by atoms with Gasteiger partial charge in [0.05, 0.1) is 12.7 Å². The smallest absolute Gasteiger partial charge is 0.339 e. The van der Waals surface area contributed by atoms with E-state index < -0.39 is 12.1 Å². The zero-order valence-electron chi connectivity index (χ0n) is 15.4. The van der Waals surface area contributed by atoms with E-state index in [1.807, 2.05) is 13.0 Å². The third-order valence-electron chi connectivity index (χ3n) is 4.20. The highest BCUT2D eigenvalue weighted by Crippen LogP contribution is 2.32. The number of carbonyl (C=O) groups excluding carboxylic acids is 2. The standard InChI is InChI=1S/C20H21NO6/c1-12-4-6-15(9-17(12)24-3)20(23)27-13(2)19(22)21-10-14-5-7-16-18(8-14)26-11-25-16/h4-9,13H,10-11H2,1-3H3,(H,21,22)/t13-/m1/s1. The van der Waals surface area contributed by atoms with E-state index in [0.29, 0.717) is 22.8 Å². The minimum absolute atomic E-state index is 0.196. The number of amides is 1. The molecule has 0 saturated carbocycles. The summed E-state index contributed by atoms with van der Waals surface area (Å²) in [6.07, 6.45) is -0.932. The Morgan fingerprint density at radius 1 is 1.15 bits per heavy atom. The van der Waals surface area contributed by atoms with Gasteiger partial charge < -0.3 is 24.3 Å². The summed E-state index contributed by atoms with van der Waals surface area (Å²) < 4.78 is 21.0. The first-order valence-electron chi connectivity index (χ1n) is 8.50. The summed E-state index contributed by atoms with van der Waals surface area (Å²) in [5.41, 5.74) is 2.09. The monoisotopic (exact) mass is 371 g/mol. The SMILES string of the molecule is COc1cc(C(=O)O[C@H](C)C(=O)NCc2ccc3c(c2)OCO3)ccc1C. The van der Waals surface area contributed by atoms with E-state index in [9.17, 15) is 9.59 Å². The maximum atomic E-state index is 12.3. The van der Waals surface area contributed by atoms with Gasteiger partial charge in [-0.15, -0.1) is 0 Å². The molecule has 1 aliphatic heterocycles. The number of aryl methyl sites for hydroxylation is 1. The largest absolute Gasteiger partial charge is 0.496 e. The highest BCUT2D eigenvalue weighted by atomic mass is 16.7. The Bertz CT molecular complexity index is 864. The zero-order chi connectivity index (χ0) is 19.4. The number of rotatable bonds is 6. The van der Waals surface area contributed by atoms with Crippen LogP contribution in [0, 0.1) is 6.92 Å². The van der Waals surface area contributed by atoms with Gasteiger partial charge in [0, 0.05) is 6.54 Å². The number of fused-ring (bicyclic) bond motifs is 1. The van der Waals surface area contributed by atoms with Gasteiger partial charge in [-0.25, -0.2) is 4.79 Å². The Kier molecular flexibility index (Phi) is 5.49. The van der Waals surface area contributed by atoms with Crippen LogP contribution in [0.5, 0.6) is 17.2 Å². The first kappa shape index (κ1) is 18.6. The highest BCUT2D eigenvalue weighted by Gasteiger charge is 2.20. The van der Waals surface area contributed by atoms with Crippen molar-refractivity contribution >= 4 is 11.9 Å². The Morgan fingerprint density at radius 2 is 1.93 bits per heavy atom. The van der Waals surface area contributed by atoms with E-state index >= 15 is 0 Å². The molecule has 0 spiro atoms. The zero-order valence-corrected chi connectivity index (χ0v) is 15.4. The van der Waals surface area contributed by atoms with Crippen LogP contribution in [0.25, 0.3) is 0 Å². The summed E-state index contributed by atoms with van der Waals surface area (Å²) in [4.78, 5) is 24.5. The maximum Gasteiger partial charge on any atom is 0.339 e. The summed E-state index contributed by atoms with van der Waals surface area (Å²) in [5, 5.41) is 2.74. The van der Waals surface area contributed by atoms with Crippen molar-refractivity contribution in [2.75, 3.05) is 13.9 Å². The molecule has 142 valence electrons. The van der Waals surface area contributed by atoms with Crippen molar-refractivity contribution in [2.45, 2.75) is 26.5 Å². The fourth-order valence-electron chi connectivity index (χ4n) is 2.61. The van der Waals surface area contributed by atoms with Gasteiger partial charge in [0.15, 0.2) is 17.6 Å².